The van der Waals surface area contributed by atoms with Crippen LogP contribution in [0.5, 0.6) is 0 Å². The molecule has 0 bridgehead atoms. The van der Waals surface area contributed by atoms with Crippen molar-refractivity contribution in [2.75, 3.05) is 5.88 Å². The number of nitrogens with zero attached hydrogens (tertiary/aromatic N) is 1. The zero-order valence-corrected chi connectivity index (χ0v) is 10.7. The second-order valence-electron chi connectivity index (χ2n) is 4.07. The van der Waals surface area contributed by atoms with Crippen LogP contribution in [0.1, 0.15) is 5.56 Å². The molecule has 2 rings (SSSR count). The van der Waals surface area contributed by atoms with Crippen LogP contribution in [0.2, 0.25) is 0 Å². The summed E-state index contributed by atoms with van der Waals surface area (Å²) < 4.78 is 0. The minimum absolute atomic E-state index is 0.155. The highest BCUT2D eigenvalue weighted by molar-refractivity contribution is 6.26. The predicted molar refractivity (Wildman–Crippen MR) is 71.6 cm³/mol. The van der Waals surface area contributed by atoms with E-state index in [1.807, 2.05) is 24.3 Å². The fraction of sp³-hybridized carbons (Fsp3) is 0.231. The number of aliphatic imine (C=N–C) groups is 1. The molecule has 100 valence electrons. The molecule has 2 N–H and O–H groups in total. The molecule has 0 amide bonds. The Morgan fingerprint density at radius 3 is 2.89 bits per heavy atom. The van der Waals surface area contributed by atoms with Crippen LogP contribution in [0, 0.1) is 0 Å². The lowest BCUT2D eigenvalue weighted by Gasteiger charge is -2.12. The predicted octanol–water partition coefficient (Wildman–Crippen LogP) is 1.16. The molecule has 19 heavy (non-hydrogen) atoms. The molecular formula is C13H12ClN2O3-. The van der Waals surface area contributed by atoms with Crippen molar-refractivity contribution >= 4 is 34.4 Å². The first kappa shape index (κ1) is 13.4. The Morgan fingerprint density at radius 1 is 1.47 bits per heavy atom. The van der Waals surface area contributed by atoms with Crippen molar-refractivity contribution in [2.45, 2.75) is 12.5 Å². The lowest BCUT2D eigenvalue weighted by molar-refractivity contribution is -0.216. The number of aromatic amines is 1. The number of hydrogen-bond donors (Lipinski definition) is 2. The maximum atomic E-state index is 11.1. The van der Waals surface area contributed by atoms with E-state index in [1.54, 1.807) is 6.20 Å². The van der Waals surface area contributed by atoms with Crippen LogP contribution >= 0.6 is 11.6 Å². The SMILES string of the molecule is O=C(O)[C@H](Cc1c[nH]c2ccccc12)N=C([O-])CCl. The molecule has 1 heterocycles. The summed E-state index contributed by atoms with van der Waals surface area (Å²) in [5.74, 6) is -2.06. The third-order valence-corrected chi connectivity index (χ3v) is 3.02. The highest BCUT2D eigenvalue weighted by atomic mass is 35.5. The van der Waals surface area contributed by atoms with Crippen LogP contribution in [0.3, 0.4) is 0 Å². The molecule has 5 nitrogen and oxygen atoms in total. The van der Waals surface area contributed by atoms with Gasteiger partial charge in [0.25, 0.3) is 0 Å². The lowest BCUT2D eigenvalue weighted by atomic mass is 10.1. The summed E-state index contributed by atoms with van der Waals surface area (Å²) in [6.07, 6.45) is 1.89. The van der Waals surface area contributed by atoms with E-state index in [-0.39, 0.29) is 12.3 Å². The van der Waals surface area contributed by atoms with E-state index in [0.717, 1.165) is 16.5 Å². The molecule has 0 aliphatic heterocycles. The monoisotopic (exact) mass is 279 g/mol. The van der Waals surface area contributed by atoms with Gasteiger partial charge in [-0.1, -0.05) is 18.2 Å². The van der Waals surface area contributed by atoms with Gasteiger partial charge in [-0.05, 0) is 17.5 Å². The van der Waals surface area contributed by atoms with Crippen LogP contribution in [0.15, 0.2) is 35.5 Å². The summed E-state index contributed by atoms with van der Waals surface area (Å²) in [6, 6.07) is 6.44. The first-order valence-corrected chi connectivity index (χ1v) is 6.22. The van der Waals surface area contributed by atoms with Gasteiger partial charge in [-0.3, -0.25) is 4.99 Å². The number of aliphatic carboxylic acids is 1. The topological polar surface area (TPSA) is 88.5 Å². The van der Waals surface area contributed by atoms with Crippen LogP contribution < -0.4 is 5.11 Å². The van der Waals surface area contributed by atoms with Crippen molar-refractivity contribution in [3.63, 3.8) is 0 Å². The van der Waals surface area contributed by atoms with E-state index in [9.17, 15) is 9.90 Å². The smallest absolute Gasteiger partial charge is 0.328 e. The Balaban J connectivity index is 2.29. The summed E-state index contributed by atoms with van der Waals surface area (Å²) in [5, 5.41) is 21.2. The molecule has 6 heteroatoms. The maximum Gasteiger partial charge on any atom is 0.328 e. The second-order valence-corrected chi connectivity index (χ2v) is 4.34. The Kier molecular flexibility index (Phi) is 4.06. The van der Waals surface area contributed by atoms with E-state index < -0.39 is 17.9 Å². The van der Waals surface area contributed by atoms with Gasteiger partial charge in [0.05, 0.1) is 5.88 Å². The molecule has 0 aliphatic rings. The molecule has 0 saturated carbocycles. The highest BCUT2D eigenvalue weighted by Crippen LogP contribution is 2.19. The summed E-state index contributed by atoms with van der Waals surface area (Å²) in [4.78, 5) is 17.8. The molecular weight excluding hydrogens is 268 g/mol. The summed E-state index contributed by atoms with van der Waals surface area (Å²) in [7, 11) is 0. The van der Waals surface area contributed by atoms with Crippen LogP contribution in [-0.4, -0.2) is 33.9 Å². The Morgan fingerprint density at radius 2 is 2.21 bits per heavy atom. The van der Waals surface area contributed by atoms with Crippen molar-refractivity contribution in [1.82, 2.24) is 4.98 Å². The van der Waals surface area contributed by atoms with Crippen molar-refractivity contribution in [2.24, 2.45) is 4.99 Å². The average Bonchev–Trinajstić information content (AvgIpc) is 2.81. The number of carboxylic acid groups (broad SMARTS) is 1. The zero-order chi connectivity index (χ0) is 13.8. The standard InChI is InChI=1S/C13H13ClN2O3/c14-6-12(17)16-11(13(18)19)5-8-7-15-10-4-2-1-3-9(8)10/h1-4,7,11,15H,5-6H2,(H,16,17)(H,18,19)/p-1/t11-/m0/s1. The number of halogens is 1. The normalized spacial score (nSPS) is 13.6. The quantitative estimate of drug-likeness (QED) is 0.489. The van der Waals surface area contributed by atoms with Gasteiger partial charge in [0.1, 0.15) is 6.04 Å². The number of para-hydroxylation sites is 1. The molecule has 1 aromatic carbocycles. The Hall–Kier alpha value is -2.01. The molecule has 1 aromatic heterocycles. The van der Waals surface area contributed by atoms with Crippen molar-refractivity contribution in [3.8, 4) is 0 Å². The van der Waals surface area contributed by atoms with E-state index >= 15 is 0 Å². The summed E-state index contributed by atoms with van der Waals surface area (Å²) >= 11 is 5.34. The van der Waals surface area contributed by atoms with Gasteiger partial charge in [0.15, 0.2) is 0 Å². The summed E-state index contributed by atoms with van der Waals surface area (Å²) in [6.45, 7) is 0. The number of hydrogen-bond acceptors (Lipinski definition) is 3. The van der Waals surface area contributed by atoms with Gasteiger partial charge in [-0.15, -0.1) is 11.6 Å². The number of carbonyl (C=O) groups is 1. The number of benzene rings is 1. The Bertz CT molecular complexity index is 621. The van der Waals surface area contributed by atoms with Gasteiger partial charge in [0, 0.05) is 23.5 Å². The van der Waals surface area contributed by atoms with E-state index in [4.69, 9.17) is 16.7 Å². The van der Waals surface area contributed by atoms with Gasteiger partial charge in [0.2, 0.25) is 0 Å². The molecule has 0 unspecified atom stereocenters. The first-order chi connectivity index (χ1) is 9.11. The molecule has 2 aromatic rings. The average molecular weight is 280 g/mol. The number of nitrogens with one attached hydrogen (secondary N) is 1. The van der Waals surface area contributed by atoms with Gasteiger partial charge in [-0.2, -0.15) is 0 Å². The molecule has 0 saturated heterocycles. The number of alkyl halides is 1. The van der Waals surface area contributed by atoms with Gasteiger partial charge >= 0.3 is 5.97 Å². The molecule has 0 aliphatic carbocycles. The van der Waals surface area contributed by atoms with Crippen LogP contribution in [0.4, 0.5) is 0 Å². The summed E-state index contributed by atoms with van der Waals surface area (Å²) in [5.41, 5.74) is 1.74. The van der Waals surface area contributed by atoms with Gasteiger partial charge in [-0.25, -0.2) is 4.79 Å². The van der Waals surface area contributed by atoms with Crippen molar-refractivity contribution in [3.05, 3.63) is 36.0 Å². The number of carboxylic acids is 1. The molecule has 1 atom stereocenters. The lowest BCUT2D eigenvalue weighted by Crippen LogP contribution is -2.28. The van der Waals surface area contributed by atoms with Crippen LogP contribution in [0.25, 0.3) is 10.9 Å². The van der Waals surface area contributed by atoms with Crippen molar-refractivity contribution in [1.29, 1.82) is 0 Å². The third-order valence-electron chi connectivity index (χ3n) is 2.79. The van der Waals surface area contributed by atoms with E-state index in [0.29, 0.717) is 0 Å². The van der Waals surface area contributed by atoms with Gasteiger partial charge < -0.3 is 15.2 Å². The fourth-order valence-electron chi connectivity index (χ4n) is 1.91. The Labute approximate surface area is 114 Å². The third kappa shape index (κ3) is 3.06. The molecule has 0 spiro atoms. The van der Waals surface area contributed by atoms with E-state index in [2.05, 4.69) is 9.98 Å². The fourth-order valence-corrected chi connectivity index (χ4v) is 1.97. The minimum atomic E-state index is -1.14. The number of H-pyrrole nitrogens is 1. The van der Waals surface area contributed by atoms with Crippen LogP contribution in [-0.2, 0) is 11.2 Å². The minimum Gasteiger partial charge on any atom is -0.861 e. The first-order valence-electron chi connectivity index (χ1n) is 5.69. The number of aromatic nitrogens is 1. The largest absolute Gasteiger partial charge is 0.861 e. The van der Waals surface area contributed by atoms with E-state index in [1.165, 1.54) is 0 Å². The van der Waals surface area contributed by atoms with Crippen molar-refractivity contribution < 1.29 is 15.0 Å². The zero-order valence-electron chi connectivity index (χ0n) is 9.97. The highest BCUT2D eigenvalue weighted by Gasteiger charge is 2.18. The molecule has 0 radical (unpaired) electrons. The number of fused-ring (bicyclic) bond motifs is 1. The second kappa shape index (κ2) is 5.75. The maximum absolute atomic E-state index is 11.1. The number of rotatable bonds is 5. The molecule has 0 fully saturated rings.